The minimum Gasteiger partial charge on any atom is -0.370 e. The number of guanidine groups is 2. The topological polar surface area (TPSA) is 103 Å². The molecule has 0 saturated heterocycles. The molecule has 0 heterocycles. The van der Waals surface area contributed by atoms with E-state index in [1.165, 1.54) is 6.92 Å². The number of hydrogen-bond donors (Lipinski definition) is 3. The minimum atomic E-state index is -1.06. The summed E-state index contributed by atoms with van der Waals surface area (Å²) in [6, 6.07) is -0.483. The van der Waals surface area contributed by atoms with Gasteiger partial charge in [0, 0.05) is 0 Å². The molecule has 0 saturated carbocycles. The Morgan fingerprint density at radius 3 is 2.23 bits per heavy atom. The zero-order chi connectivity index (χ0) is 10.4. The van der Waals surface area contributed by atoms with E-state index in [2.05, 4.69) is 9.98 Å². The van der Waals surface area contributed by atoms with Gasteiger partial charge in [-0.15, -0.1) is 0 Å². The maximum Gasteiger partial charge on any atom is 0.218 e. The molecule has 2 unspecified atom stereocenters. The van der Waals surface area contributed by atoms with Crippen molar-refractivity contribution in [3.63, 3.8) is 0 Å². The number of alkyl halides is 1. The third-order valence-corrected chi connectivity index (χ3v) is 1.49. The lowest BCUT2D eigenvalue weighted by Crippen LogP contribution is -2.28. The third kappa shape index (κ3) is 5.00. The van der Waals surface area contributed by atoms with Crippen LogP contribution in [0.2, 0.25) is 0 Å². The van der Waals surface area contributed by atoms with Crippen molar-refractivity contribution in [2.24, 2.45) is 27.2 Å². The average molecular weight is 189 g/mol. The van der Waals surface area contributed by atoms with Crippen molar-refractivity contribution in [1.82, 2.24) is 0 Å². The van der Waals surface area contributed by atoms with Gasteiger partial charge in [0.05, 0.1) is 6.04 Å². The van der Waals surface area contributed by atoms with Gasteiger partial charge in [-0.25, -0.2) is 9.38 Å². The normalized spacial score (nSPS) is 16.4. The molecule has 0 amide bonds. The van der Waals surface area contributed by atoms with Gasteiger partial charge >= 0.3 is 0 Å². The SMILES string of the molecule is CCC(N=C(N)N=C(N)N)C(C)F. The van der Waals surface area contributed by atoms with Crippen LogP contribution in [0.3, 0.4) is 0 Å². The molecular formula is C7H16FN5. The number of hydrogen-bond acceptors (Lipinski definition) is 1. The number of nitrogens with two attached hydrogens (primary N) is 3. The quantitative estimate of drug-likeness (QED) is 0.420. The Balaban J connectivity index is 4.42. The van der Waals surface area contributed by atoms with Crippen LogP contribution >= 0.6 is 0 Å². The Labute approximate surface area is 76.9 Å². The first kappa shape index (κ1) is 11.7. The zero-order valence-electron chi connectivity index (χ0n) is 7.87. The van der Waals surface area contributed by atoms with E-state index in [-0.39, 0.29) is 11.9 Å². The molecule has 0 radical (unpaired) electrons. The highest BCUT2D eigenvalue weighted by Gasteiger charge is 2.12. The van der Waals surface area contributed by atoms with Crippen LogP contribution < -0.4 is 17.2 Å². The van der Waals surface area contributed by atoms with E-state index in [9.17, 15) is 4.39 Å². The molecule has 0 spiro atoms. The maximum absolute atomic E-state index is 12.8. The van der Waals surface area contributed by atoms with Gasteiger partial charge in [-0.3, -0.25) is 0 Å². The Bertz CT molecular complexity index is 207. The molecule has 0 aliphatic rings. The van der Waals surface area contributed by atoms with E-state index in [4.69, 9.17) is 17.2 Å². The second-order valence-electron chi connectivity index (χ2n) is 2.68. The Kier molecular flexibility index (Phi) is 4.79. The van der Waals surface area contributed by atoms with Crippen LogP contribution in [0.4, 0.5) is 4.39 Å². The summed E-state index contributed by atoms with van der Waals surface area (Å²) < 4.78 is 12.8. The molecule has 0 aliphatic heterocycles. The highest BCUT2D eigenvalue weighted by molar-refractivity contribution is 5.92. The lowest BCUT2D eigenvalue weighted by Gasteiger charge is -2.10. The second-order valence-corrected chi connectivity index (χ2v) is 2.68. The molecule has 76 valence electrons. The highest BCUT2D eigenvalue weighted by Crippen LogP contribution is 2.06. The average Bonchev–Trinajstić information content (AvgIpc) is 1.98. The first-order valence-electron chi connectivity index (χ1n) is 4.04. The van der Waals surface area contributed by atoms with E-state index in [1.807, 2.05) is 6.92 Å². The predicted molar refractivity (Wildman–Crippen MR) is 52.1 cm³/mol. The van der Waals surface area contributed by atoms with Crippen molar-refractivity contribution < 1.29 is 4.39 Å². The number of rotatable bonds is 3. The summed E-state index contributed by atoms with van der Waals surface area (Å²) in [5.41, 5.74) is 15.4. The number of aliphatic imine (C=N–C) groups is 2. The Hall–Kier alpha value is -1.33. The lowest BCUT2D eigenvalue weighted by molar-refractivity contribution is 0.302. The van der Waals surface area contributed by atoms with E-state index >= 15 is 0 Å². The zero-order valence-corrected chi connectivity index (χ0v) is 7.87. The predicted octanol–water partition coefficient (Wildman–Crippen LogP) is -0.289. The fourth-order valence-electron chi connectivity index (χ4n) is 0.850. The minimum absolute atomic E-state index is 0.0867. The van der Waals surface area contributed by atoms with Crippen LogP contribution in [0.1, 0.15) is 20.3 Å². The monoisotopic (exact) mass is 189 g/mol. The molecule has 0 aliphatic carbocycles. The van der Waals surface area contributed by atoms with Gasteiger partial charge in [-0.05, 0) is 13.3 Å². The second kappa shape index (κ2) is 5.34. The van der Waals surface area contributed by atoms with Gasteiger partial charge < -0.3 is 17.2 Å². The van der Waals surface area contributed by atoms with Gasteiger partial charge in [-0.2, -0.15) is 4.99 Å². The highest BCUT2D eigenvalue weighted by atomic mass is 19.1. The largest absolute Gasteiger partial charge is 0.370 e. The van der Waals surface area contributed by atoms with Gasteiger partial charge in [0.25, 0.3) is 0 Å². The van der Waals surface area contributed by atoms with Crippen molar-refractivity contribution in [1.29, 1.82) is 0 Å². The van der Waals surface area contributed by atoms with Crippen molar-refractivity contribution >= 4 is 11.9 Å². The molecule has 0 fully saturated rings. The molecule has 5 nitrogen and oxygen atoms in total. The van der Waals surface area contributed by atoms with E-state index in [1.54, 1.807) is 0 Å². The third-order valence-electron chi connectivity index (χ3n) is 1.49. The summed E-state index contributed by atoms with van der Waals surface area (Å²) in [6.07, 6.45) is -0.504. The van der Waals surface area contributed by atoms with Crippen molar-refractivity contribution in [3.8, 4) is 0 Å². The van der Waals surface area contributed by atoms with Gasteiger partial charge in [0.15, 0.2) is 5.96 Å². The molecule has 0 aromatic carbocycles. The number of nitrogens with zero attached hydrogens (tertiary/aromatic N) is 2. The first-order valence-corrected chi connectivity index (χ1v) is 4.04. The summed E-state index contributed by atoms with van der Waals surface area (Å²) >= 11 is 0. The Morgan fingerprint density at radius 2 is 1.92 bits per heavy atom. The van der Waals surface area contributed by atoms with Gasteiger partial charge in [-0.1, -0.05) is 6.92 Å². The summed E-state index contributed by atoms with van der Waals surface area (Å²) in [7, 11) is 0. The molecule has 13 heavy (non-hydrogen) atoms. The molecule has 6 heteroatoms. The molecular weight excluding hydrogens is 173 g/mol. The molecule has 2 atom stereocenters. The first-order chi connectivity index (χ1) is 5.97. The van der Waals surface area contributed by atoms with Crippen LogP contribution in [0.5, 0.6) is 0 Å². The van der Waals surface area contributed by atoms with Gasteiger partial charge in [0.1, 0.15) is 6.17 Å². The molecule has 0 aromatic heterocycles. The molecule has 0 bridgehead atoms. The van der Waals surface area contributed by atoms with Crippen LogP contribution in [-0.4, -0.2) is 24.1 Å². The Morgan fingerprint density at radius 1 is 1.38 bits per heavy atom. The van der Waals surface area contributed by atoms with Crippen LogP contribution in [-0.2, 0) is 0 Å². The fourth-order valence-corrected chi connectivity index (χ4v) is 0.850. The summed E-state index contributed by atoms with van der Waals surface area (Å²) in [4.78, 5) is 7.29. The van der Waals surface area contributed by atoms with E-state index in [0.29, 0.717) is 6.42 Å². The van der Waals surface area contributed by atoms with E-state index < -0.39 is 12.2 Å². The van der Waals surface area contributed by atoms with Crippen molar-refractivity contribution in [2.75, 3.05) is 0 Å². The molecule has 0 aromatic rings. The summed E-state index contributed by atoms with van der Waals surface area (Å²) in [5, 5.41) is 0. The lowest BCUT2D eigenvalue weighted by atomic mass is 10.1. The molecule has 6 N–H and O–H groups in total. The smallest absolute Gasteiger partial charge is 0.218 e. The van der Waals surface area contributed by atoms with E-state index in [0.717, 1.165) is 0 Å². The standard InChI is InChI=1S/C7H16FN5/c1-3-5(4(2)8)12-7(11)13-6(9)10/h4-5H,3H2,1-2H3,(H6,9,10,11,12,13). The fraction of sp³-hybridized carbons (Fsp3) is 0.714. The molecule has 0 rings (SSSR count). The van der Waals surface area contributed by atoms with Crippen molar-refractivity contribution in [2.45, 2.75) is 32.5 Å². The number of halogens is 1. The van der Waals surface area contributed by atoms with Crippen LogP contribution in [0, 0.1) is 0 Å². The van der Waals surface area contributed by atoms with Crippen LogP contribution in [0.15, 0.2) is 9.98 Å². The maximum atomic E-state index is 12.8. The van der Waals surface area contributed by atoms with Crippen LogP contribution in [0.25, 0.3) is 0 Å². The summed E-state index contributed by atoms with van der Waals surface area (Å²) in [6.45, 7) is 3.23. The van der Waals surface area contributed by atoms with Crippen molar-refractivity contribution in [3.05, 3.63) is 0 Å². The van der Waals surface area contributed by atoms with Gasteiger partial charge in [0.2, 0.25) is 5.96 Å². The summed E-state index contributed by atoms with van der Waals surface area (Å²) in [5.74, 6) is -0.265.